The summed E-state index contributed by atoms with van der Waals surface area (Å²) >= 11 is 0. The van der Waals surface area contributed by atoms with Crippen LogP contribution in [0.5, 0.6) is 0 Å². The summed E-state index contributed by atoms with van der Waals surface area (Å²) in [6.07, 6.45) is 6.14. The Labute approximate surface area is 500 Å². The van der Waals surface area contributed by atoms with Gasteiger partial charge in [-0.1, -0.05) is 177 Å². The Morgan fingerprint density at radius 2 is 1.29 bits per heavy atom. The number of hydrogen-bond donors (Lipinski definition) is 4. The van der Waals surface area contributed by atoms with Gasteiger partial charge in [0.05, 0.1) is 36.4 Å². The third kappa shape index (κ3) is 14.7. The number of esters is 3. The van der Waals surface area contributed by atoms with E-state index in [-0.39, 0.29) is 48.5 Å². The van der Waals surface area contributed by atoms with E-state index in [2.05, 4.69) is 12.2 Å². The molecule has 1 amide bonds. The van der Waals surface area contributed by atoms with Crippen LogP contribution in [0.1, 0.15) is 189 Å². The maximum Gasteiger partial charge on any atom is 0.509 e. The van der Waals surface area contributed by atoms with Gasteiger partial charge in [-0.3, -0.25) is 14.4 Å². The van der Waals surface area contributed by atoms with Crippen molar-refractivity contribution in [3.05, 3.63) is 119 Å². The number of carbonyl (C=O) groups excluding carboxylic acids is 6. The first-order valence-electron chi connectivity index (χ1n) is 30.9. The lowest BCUT2D eigenvalue weighted by molar-refractivity contribution is -0.343. The fourth-order valence-electron chi connectivity index (χ4n) is 13.6. The van der Waals surface area contributed by atoms with Crippen molar-refractivity contribution in [3.8, 4) is 0 Å². The summed E-state index contributed by atoms with van der Waals surface area (Å²) < 4.78 is 48.2. The highest BCUT2D eigenvalue weighted by atomic mass is 16.8. The van der Waals surface area contributed by atoms with E-state index in [1.54, 1.807) is 92.7 Å². The predicted molar refractivity (Wildman–Crippen MR) is 313 cm³/mol. The molecular weight excluding hydrogens is 1090 g/mol. The van der Waals surface area contributed by atoms with E-state index in [1.807, 2.05) is 0 Å². The number of nitrogens with one attached hydrogen (secondary N) is 1. The van der Waals surface area contributed by atoms with Gasteiger partial charge in [-0.05, 0) is 67.7 Å². The molecule has 8 rings (SSSR count). The fourth-order valence-corrected chi connectivity index (χ4v) is 13.6. The molecule has 2 saturated carbocycles. The third-order valence-corrected chi connectivity index (χ3v) is 18.6. The molecular formula is C67H89NO17. The van der Waals surface area contributed by atoms with Crippen molar-refractivity contribution in [2.45, 2.75) is 223 Å². The molecule has 18 heteroatoms. The highest BCUT2D eigenvalue weighted by Crippen LogP contribution is 2.63. The summed E-state index contributed by atoms with van der Waals surface area (Å²) in [5.41, 5.74) is -7.55. The molecule has 2 saturated heterocycles. The molecule has 0 aromatic heterocycles. The van der Waals surface area contributed by atoms with Crippen LogP contribution >= 0.6 is 0 Å². The Morgan fingerprint density at radius 3 is 1.86 bits per heavy atom. The van der Waals surface area contributed by atoms with E-state index < -0.39 is 125 Å². The smallest absolute Gasteiger partial charge is 0.455 e. The maximum absolute atomic E-state index is 15.6. The number of rotatable bonds is 28. The van der Waals surface area contributed by atoms with Crippen LogP contribution in [0, 0.1) is 16.7 Å². The van der Waals surface area contributed by atoms with Crippen LogP contribution in [0.15, 0.2) is 102 Å². The second-order valence-electron chi connectivity index (χ2n) is 24.7. The van der Waals surface area contributed by atoms with Crippen molar-refractivity contribution in [1.29, 1.82) is 0 Å². The molecule has 464 valence electrons. The molecule has 3 aromatic rings. The first kappa shape index (κ1) is 65.0. The van der Waals surface area contributed by atoms with Crippen LogP contribution in [0.2, 0.25) is 0 Å². The van der Waals surface area contributed by atoms with E-state index in [0.717, 1.165) is 26.2 Å². The zero-order chi connectivity index (χ0) is 60.9. The molecule has 2 bridgehead atoms. The zero-order valence-electron chi connectivity index (χ0n) is 50.3. The largest absolute Gasteiger partial charge is 0.509 e. The molecule has 4 fully saturated rings. The molecule has 3 aliphatic carbocycles. The molecule has 4 N–H and O–H groups in total. The van der Waals surface area contributed by atoms with Gasteiger partial charge in [-0.2, -0.15) is 0 Å². The Bertz CT molecular complexity index is 2770. The maximum atomic E-state index is 15.6. The first-order valence-corrected chi connectivity index (χ1v) is 30.9. The third-order valence-electron chi connectivity index (χ3n) is 18.6. The van der Waals surface area contributed by atoms with Gasteiger partial charge in [-0.15, -0.1) is 0 Å². The van der Waals surface area contributed by atoms with Crippen LogP contribution in [-0.2, 0) is 52.3 Å². The minimum absolute atomic E-state index is 0.0311. The van der Waals surface area contributed by atoms with Crippen LogP contribution in [0.4, 0.5) is 4.79 Å². The minimum Gasteiger partial charge on any atom is -0.455 e. The van der Waals surface area contributed by atoms with Gasteiger partial charge in [0.25, 0.3) is 5.91 Å². The molecule has 5 aliphatic rings. The summed E-state index contributed by atoms with van der Waals surface area (Å²) in [6.45, 7) is 8.83. The summed E-state index contributed by atoms with van der Waals surface area (Å²) in [7, 11) is 0. The van der Waals surface area contributed by atoms with Crippen LogP contribution < -0.4 is 5.32 Å². The number of amides is 1. The van der Waals surface area contributed by atoms with Crippen molar-refractivity contribution < 1.29 is 82.0 Å². The van der Waals surface area contributed by atoms with Gasteiger partial charge in [-0.25, -0.2) is 14.4 Å². The SMILES string of the molecule is CCCCCCCCCCCCCCCCCC1OCC(COC(=O)O[C@@H](C(=O)O[C@H]2C[C@@]3(O)[C@@H](OC(=O)c4ccccc4)[C@@H]4[C@]5(O)CO[C@@H]5C[C@H](O)[C@@]4(C)C(=O)[C@H](OC(C)=O)C(=C2C)C3(C)C)[C@@H](NC(=O)c2ccccc2)c2ccccc2)O1. The number of carbonyl (C=O) groups is 6. The van der Waals surface area contributed by atoms with Crippen molar-refractivity contribution in [3.63, 3.8) is 0 Å². The van der Waals surface area contributed by atoms with Crippen molar-refractivity contribution >= 4 is 35.8 Å². The van der Waals surface area contributed by atoms with Crippen molar-refractivity contribution in [1.82, 2.24) is 5.32 Å². The number of hydrogen-bond acceptors (Lipinski definition) is 17. The summed E-state index contributed by atoms with van der Waals surface area (Å²) in [6, 6.07) is 22.9. The topological polar surface area (TPSA) is 249 Å². The molecule has 2 aliphatic heterocycles. The lowest BCUT2D eigenvalue weighted by Gasteiger charge is -2.66. The number of benzene rings is 3. The van der Waals surface area contributed by atoms with E-state index in [1.165, 1.54) is 103 Å². The summed E-state index contributed by atoms with van der Waals surface area (Å²) in [5.74, 6) is -6.24. The van der Waals surface area contributed by atoms with E-state index >= 15 is 9.59 Å². The molecule has 13 atom stereocenters. The summed E-state index contributed by atoms with van der Waals surface area (Å²) in [5, 5.41) is 41.6. The van der Waals surface area contributed by atoms with E-state index in [9.17, 15) is 34.5 Å². The Hall–Kier alpha value is -6.02. The molecule has 0 spiro atoms. The normalized spacial score (nSPS) is 29.1. The van der Waals surface area contributed by atoms with Crippen molar-refractivity contribution in [2.24, 2.45) is 16.7 Å². The van der Waals surface area contributed by atoms with Crippen LogP contribution in [-0.4, -0.2) is 131 Å². The Balaban J connectivity index is 1.03. The van der Waals surface area contributed by atoms with Crippen molar-refractivity contribution in [2.75, 3.05) is 19.8 Å². The Morgan fingerprint density at radius 1 is 0.729 bits per heavy atom. The first-order chi connectivity index (χ1) is 40.7. The standard InChI is InChI=1S/C67H89NO17/c1-7-8-9-10-11-12-13-14-15-16-17-18-19-20-30-37-52-78-40-48(82-52)41-79-63(75)84-56(54(45-31-24-21-25-32-45)68-60(72)46-33-26-22-27-34-46)62(74)83-49-39-67(77)59(85-61(73)47-35-28-23-29-36-47)57-65(6,50(70)38-51-66(57,76)42-80-51)58(71)55(81-44(3)69)53(43(49)2)64(67,4)5/h21-29,31-36,48-52,54-57,59,70,76-77H,7-20,30,37-42H2,1-6H3,(H,68,72)/t48?,49-,50-,51+,52?,54-,55+,56+,57-,59-,65+,66-,67+/m0/s1. The predicted octanol–water partition coefficient (Wildman–Crippen LogP) is 10.3. The fraction of sp³-hybridized carbons (Fsp3) is 0.612. The highest BCUT2D eigenvalue weighted by Gasteiger charge is 2.77. The van der Waals surface area contributed by atoms with E-state index in [4.69, 9.17) is 37.9 Å². The second kappa shape index (κ2) is 29.1. The van der Waals surface area contributed by atoms with Gasteiger partial charge in [0, 0.05) is 36.7 Å². The van der Waals surface area contributed by atoms with Crippen LogP contribution in [0.25, 0.3) is 0 Å². The lowest BCUT2D eigenvalue weighted by Crippen LogP contribution is -2.81. The van der Waals surface area contributed by atoms with Gasteiger partial charge in [0.15, 0.2) is 18.2 Å². The number of fused-ring (bicyclic) bond motifs is 5. The van der Waals surface area contributed by atoms with Gasteiger partial charge in [0.1, 0.15) is 42.2 Å². The highest BCUT2D eigenvalue weighted by molar-refractivity contribution is 5.96. The van der Waals surface area contributed by atoms with Gasteiger partial charge in [0.2, 0.25) is 6.10 Å². The van der Waals surface area contributed by atoms with Crippen LogP contribution in [0.3, 0.4) is 0 Å². The molecule has 2 heterocycles. The molecule has 3 aromatic carbocycles. The number of unbranched alkanes of at least 4 members (excludes halogenated alkanes) is 14. The molecule has 85 heavy (non-hydrogen) atoms. The van der Waals surface area contributed by atoms with Gasteiger partial charge < -0.3 is 58.5 Å². The molecule has 0 radical (unpaired) electrons. The second-order valence-corrected chi connectivity index (χ2v) is 24.7. The number of aliphatic hydroxyl groups excluding tert-OH is 1. The quantitative estimate of drug-likeness (QED) is 0.0228. The average Bonchev–Trinajstić information content (AvgIpc) is 0.862. The number of ether oxygens (including phenoxy) is 8. The minimum atomic E-state index is -2.45. The number of aliphatic hydroxyl groups is 3. The zero-order valence-corrected chi connectivity index (χ0v) is 50.3. The Kier molecular flexibility index (Phi) is 22.3. The number of ketones is 1. The average molecular weight is 1180 g/mol. The number of Topliss-reactive ketones (excluding diaryl/α,β-unsaturated/α-hetero) is 1. The summed E-state index contributed by atoms with van der Waals surface area (Å²) in [4.78, 5) is 86.9. The molecule has 2 unspecified atom stereocenters. The molecule has 18 nitrogen and oxygen atoms in total. The monoisotopic (exact) mass is 1180 g/mol. The van der Waals surface area contributed by atoms with Gasteiger partial charge >= 0.3 is 24.1 Å². The lowest BCUT2D eigenvalue weighted by atomic mass is 9.44. The van der Waals surface area contributed by atoms with E-state index in [0.29, 0.717) is 12.0 Å².